The molecule has 1 nitrogen and oxygen atoms in total. The molecule has 0 aliphatic heterocycles. The molecule has 0 bridgehead atoms. The molecule has 42 heavy (non-hydrogen) atoms. The van der Waals surface area contributed by atoms with Gasteiger partial charge in [-0.2, -0.15) is 0 Å². The standard InChI is InChI=1S/C34H26P.C6H6O/c1-4-17-28(18-5-1)35(29-19-6-2-7-20-29,30-21-8-3-9-22-30)34-26-13-12-24-33(34)32-25-14-16-27-15-10-11-23-31(27)32;7-6-4-2-1-3-5-6/h1-26H;1-5,7H/q+1;/p-1. The molecule has 0 amide bonds. The van der Waals surface area contributed by atoms with Crippen molar-refractivity contribution in [2.45, 2.75) is 0 Å². The fourth-order valence-electron chi connectivity index (χ4n) is 5.69. The fraction of sp³-hybridized carbons (Fsp3) is 0. The van der Waals surface area contributed by atoms with Gasteiger partial charge in [0.05, 0.1) is 0 Å². The molecule has 0 fully saturated rings. The van der Waals surface area contributed by atoms with Crippen molar-refractivity contribution in [3.8, 4) is 16.9 Å². The largest absolute Gasteiger partial charge is 0.872 e. The first kappa shape index (κ1) is 27.2. The Balaban J connectivity index is 0.000000397. The maximum atomic E-state index is 10.3. The van der Waals surface area contributed by atoms with Crippen molar-refractivity contribution in [1.29, 1.82) is 0 Å². The van der Waals surface area contributed by atoms with Gasteiger partial charge in [-0.25, -0.2) is 0 Å². The molecule has 202 valence electrons. The summed E-state index contributed by atoms with van der Waals surface area (Å²) in [5.74, 6) is 0.0718. The van der Waals surface area contributed by atoms with Gasteiger partial charge in [0.1, 0.15) is 28.5 Å². The Morgan fingerprint density at radius 3 is 1.26 bits per heavy atom. The first-order valence-electron chi connectivity index (χ1n) is 14.1. The summed E-state index contributed by atoms with van der Waals surface area (Å²) in [6, 6.07) is 66.0. The van der Waals surface area contributed by atoms with Gasteiger partial charge in [-0.15, -0.1) is 5.75 Å². The lowest BCUT2D eigenvalue weighted by Gasteiger charge is -2.29. The van der Waals surface area contributed by atoms with Crippen LogP contribution >= 0.6 is 7.26 Å². The maximum absolute atomic E-state index is 10.3. The highest BCUT2D eigenvalue weighted by Crippen LogP contribution is 2.56. The minimum atomic E-state index is -2.19. The highest BCUT2D eigenvalue weighted by Gasteiger charge is 2.49. The van der Waals surface area contributed by atoms with Crippen LogP contribution in [-0.4, -0.2) is 0 Å². The summed E-state index contributed by atoms with van der Waals surface area (Å²) in [6.45, 7) is 0. The van der Waals surface area contributed by atoms with E-state index in [1.165, 1.54) is 55.3 Å². The first-order chi connectivity index (χ1) is 20.8. The zero-order valence-electron chi connectivity index (χ0n) is 23.3. The lowest BCUT2D eigenvalue weighted by molar-refractivity contribution is -0.268. The van der Waals surface area contributed by atoms with Crippen LogP contribution in [0.15, 0.2) is 188 Å². The van der Waals surface area contributed by atoms with E-state index in [2.05, 4.69) is 158 Å². The second-order valence-electron chi connectivity index (χ2n) is 10.0. The lowest BCUT2D eigenvalue weighted by Crippen LogP contribution is -2.39. The zero-order chi connectivity index (χ0) is 28.6. The monoisotopic (exact) mass is 558 g/mol. The third-order valence-electron chi connectivity index (χ3n) is 7.52. The smallest absolute Gasteiger partial charge is 0.144 e. The van der Waals surface area contributed by atoms with Crippen LogP contribution in [0.2, 0.25) is 0 Å². The molecular weight excluding hydrogens is 527 g/mol. The summed E-state index contributed by atoms with van der Waals surface area (Å²) in [7, 11) is -2.19. The summed E-state index contributed by atoms with van der Waals surface area (Å²) < 4.78 is 0. The summed E-state index contributed by atoms with van der Waals surface area (Å²) in [6.07, 6.45) is 0. The SMILES string of the molecule is [O-]c1ccccc1.c1ccc([P+](c2ccccc2)(c2ccccc2)c2ccccc2-c2cccc3ccccc23)cc1. The Bertz CT molecular complexity index is 1770. The van der Waals surface area contributed by atoms with Crippen molar-refractivity contribution in [2.75, 3.05) is 0 Å². The molecule has 7 rings (SSSR count). The van der Waals surface area contributed by atoms with E-state index in [1.54, 1.807) is 12.1 Å². The summed E-state index contributed by atoms with van der Waals surface area (Å²) in [5, 5.41) is 18.3. The van der Waals surface area contributed by atoms with Crippen molar-refractivity contribution in [2.24, 2.45) is 0 Å². The van der Waals surface area contributed by atoms with Crippen LogP contribution in [0, 0.1) is 0 Å². The van der Waals surface area contributed by atoms with E-state index < -0.39 is 7.26 Å². The maximum Gasteiger partial charge on any atom is 0.144 e. The summed E-state index contributed by atoms with van der Waals surface area (Å²) in [5.41, 5.74) is 2.58. The number of para-hydroxylation sites is 1. The van der Waals surface area contributed by atoms with E-state index in [0.29, 0.717) is 0 Å². The summed E-state index contributed by atoms with van der Waals surface area (Å²) >= 11 is 0. The van der Waals surface area contributed by atoms with E-state index >= 15 is 0 Å². The third kappa shape index (κ3) is 5.36. The van der Waals surface area contributed by atoms with Gasteiger partial charge in [-0.05, 0) is 58.8 Å². The molecule has 0 aromatic heterocycles. The van der Waals surface area contributed by atoms with Gasteiger partial charge in [0.25, 0.3) is 0 Å². The number of benzene rings is 7. The molecule has 0 saturated carbocycles. The second kappa shape index (κ2) is 12.7. The van der Waals surface area contributed by atoms with E-state index in [1.807, 2.05) is 6.07 Å². The molecule has 0 aliphatic rings. The molecule has 0 N–H and O–H groups in total. The van der Waals surface area contributed by atoms with Gasteiger partial charge in [-0.3, -0.25) is 0 Å². The number of rotatable bonds is 5. The van der Waals surface area contributed by atoms with Crippen molar-refractivity contribution in [3.63, 3.8) is 0 Å². The molecule has 0 unspecified atom stereocenters. The number of hydrogen-bond donors (Lipinski definition) is 0. The van der Waals surface area contributed by atoms with E-state index in [9.17, 15) is 5.11 Å². The molecule has 0 radical (unpaired) electrons. The van der Waals surface area contributed by atoms with Gasteiger partial charge in [0.15, 0.2) is 0 Å². The van der Waals surface area contributed by atoms with Gasteiger partial charge in [-0.1, -0.05) is 146 Å². The van der Waals surface area contributed by atoms with Gasteiger partial charge in [0, 0.05) is 5.56 Å². The first-order valence-corrected chi connectivity index (χ1v) is 15.9. The van der Waals surface area contributed by atoms with Crippen molar-refractivity contribution in [3.05, 3.63) is 188 Å². The predicted molar refractivity (Wildman–Crippen MR) is 180 cm³/mol. The van der Waals surface area contributed by atoms with Crippen LogP contribution in [-0.2, 0) is 0 Å². The Labute approximate surface area is 248 Å². The molecule has 0 atom stereocenters. The van der Waals surface area contributed by atoms with Crippen molar-refractivity contribution >= 4 is 39.3 Å². The van der Waals surface area contributed by atoms with E-state index in [0.717, 1.165) is 0 Å². The quantitative estimate of drug-likeness (QED) is 0.197. The van der Waals surface area contributed by atoms with Crippen LogP contribution in [0.3, 0.4) is 0 Å². The lowest BCUT2D eigenvalue weighted by atomic mass is 9.98. The van der Waals surface area contributed by atoms with Crippen molar-refractivity contribution in [1.82, 2.24) is 0 Å². The van der Waals surface area contributed by atoms with Crippen LogP contribution in [0.5, 0.6) is 5.75 Å². The Morgan fingerprint density at radius 1 is 0.333 bits per heavy atom. The summed E-state index contributed by atoms with van der Waals surface area (Å²) in [4.78, 5) is 0. The predicted octanol–water partition coefficient (Wildman–Crippen LogP) is 7.89. The van der Waals surface area contributed by atoms with Gasteiger partial charge < -0.3 is 5.11 Å². The highest BCUT2D eigenvalue weighted by molar-refractivity contribution is 8.01. The van der Waals surface area contributed by atoms with Gasteiger partial charge >= 0.3 is 0 Å². The topological polar surface area (TPSA) is 23.1 Å². The molecule has 0 spiro atoms. The minimum absolute atomic E-state index is 0.0718. The van der Waals surface area contributed by atoms with Crippen LogP contribution in [0.25, 0.3) is 21.9 Å². The average molecular weight is 559 g/mol. The van der Waals surface area contributed by atoms with Crippen molar-refractivity contribution < 1.29 is 5.11 Å². The average Bonchev–Trinajstić information content (AvgIpc) is 3.07. The zero-order valence-corrected chi connectivity index (χ0v) is 24.1. The third-order valence-corrected chi connectivity index (χ3v) is 11.8. The van der Waals surface area contributed by atoms with Crippen LogP contribution in [0.1, 0.15) is 0 Å². The highest BCUT2D eigenvalue weighted by atomic mass is 31.2. The van der Waals surface area contributed by atoms with Gasteiger partial charge in [0.2, 0.25) is 0 Å². The van der Waals surface area contributed by atoms with Crippen LogP contribution in [0.4, 0.5) is 0 Å². The minimum Gasteiger partial charge on any atom is -0.872 e. The molecule has 2 heteroatoms. The number of hydrogen-bond acceptors (Lipinski definition) is 1. The molecular formula is C40H31OP. The molecule has 0 heterocycles. The molecule has 7 aromatic carbocycles. The van der Waals surface area contributed by atoms with E-state index in [4.69, 9.17) is 0 Å². The Morgan fingerprint density at radius 2 is 0.738 bits per heavy atom. The van der Waals surface area contributed by atoms with Crippen LogP contribution < -0.4 is 26.3 Å². The molecule has 0 saturated heterocycles. The molecule has 0 aliphatic carbocycles. The Kier molecular flexibility index (Phi) is 8.22. The fourth-order valence-corrected chi connectivity index (χ4v) is 10.1. The normalized spacial score (nSPS) is 11.0. The second-order valence-corrected chi connectivity index (χ2v) is 13.4. The van der Waals surface area contributed by atoms with E-state index in [-0.39, 0.29) is 5.75 Å². The molecule has 7 aromatic rings. The number of fused-ring (bicyclic) bond motifs is 1. The Hall–Kier alpha value is -4.97.